The second kappa shape index (κ2) is 8.48. The standard InChI is InChI=1S/C23H20FNO3/c1-16(23(27)25(2)20-6-4-3-5-7-20)28-21-14-10-18(11-15-21)22(26)17-8-12-19(24)13-9-17/h3-16H,1-2H3/t16-/m0/s1. The van der Waals surface area contributed by atoms with Crippen LogP contribution in [-0.2, 0) is 4.79 Å². The van der Waals surface area contributed by atoms with Crippen LogP contribution in [0, 0.1) is 5.82 Å². The van der Waals surface area contributed by atoms with Crippen molar-refractivity contribution < 1.29 is 18.7 Å². The van der Waals surface area contributed by atoms with E-state index in [4.69, 9.17) is 4.74 Å². The molecule has 3 aromatic rings. The van der Waals surface area contributed by atoms with Gasteiger partial charge < -0.3 is 9.64 Å². The average molecular weight is 377 g/mol. The van der Waals surface area contributed by atoms with Gasteiger partial charge in [0.05, 0.1) is 0 Å². The molecule has 28 heavy (non-hydrogen) atoms. The van der Waals surface area contributed by atoms with Crippen LogP contribution in [0.15, 0.2) is 78.9 Å². The van der Waals surface area contributed by atoms with Gasteiger partial charge >= 0.3 is 0 Å². The average Bonchev–Trinajstić information content (AvgIpc) is 2.74. The maximum Gasteiger partial charge on any atom is 0.267 e. The van der Waals surface area contributed by atoms with Crippen LogP contribution >= 0.6 is 0 Å². The monoisotopic (exact) mass is 377 g/mol. The molecule has 0 aliphatic rings. The van der Waals surface area contributed by atoms with Gasteiger partial charge in [0.25, 0.3) is 5.91 Å². The van der Waals surface area contributed by atoms with Crippen LogP contribution in [-0.4, -0.2) is 24.8 Å². The van der Waals surface area contributed by atoms with E-state index < -0.39 is 6.10 Å². The predicted molar refractivity (Wildman–Crippen MR) is 106 cm³/mol. The van der Waals surface area contributed by atoms with E-state index in [1.165, 1.54) is 29.2 Å². The number of hydrogen-bond donors (Lipinski definition) is 0. The molecule has 0 saturated carbocycles. The number of carbonyl (C=O) groups is 2. The first kappa shape index (κ1) is 19.3. The molecule has 5 heteroatoms. The number of benzene rings is 3. The minimum atomic E-state index is -0.691. The number of rotatable bonds is 6. The summed E-state index contributed by atoms with van der Waals surface area (Å²) in [5.41, 5.74) is 1.64. The molecular weight excluding hydrogens is 357 g/mol. The lowest BCUT2D eigenvalue weighted by Gasteiger charge is -2.22. The maximum atomic E-state index is 13.0. The van der Waals surface area contributed by atoms with Gasteiger partial charge in [0.2, 0.25) is 0 Å². The van der Waals surface area contributed by atoms with Crippen molar-refractivity contribution in [1.82, 2.24) is 0 Å². The highest BCUT2D eigenvalue weighted by molar-refractivity contribution is 6.09. The van der Waals surface area contributed by atoms with Gasteiger partial charge in [0.15, 0.2) is 11.9 Å². The number of anilines is 1. The molecule has 0 radical (unpaired) electrons. The van der Waals surface area contributed by atoms with Gasteiger partial charge in [0, 0.05) is 23.9 Å². The van der Waals surface area contributed by atoms with Crippen LogP contribution < -0.4 is 9.64 Å². The van der Waals surface area contributed by atoms with Gasteiger partial charge in [-0.1, -0.05) is 18.2 Å². The highest BCUT2D eigenvalue weighted by Gasteiger charge is 2.20. The first-order chi connectivity index (χ1) is 13.5. The quantitative estimate of drug-likeness (QED) is 0.595. The van der Waals surface area contributed by atoms with Crippen molar-refractivity contribution in [3.8, 4) is 5.75 Å². The molecule has 0 fully saturated rings. The predicted octanol–water partition coefficient (Wildman–Crippen LogP) is 4.49. The highest BCUT2D eigenvalue weighted by Crippen LogP contribution is 2.19. The SMILES string of the molecule is C[C@H](Oc1ccc(C(=O)c2ccc(F)cc2)cc1)C(=O)N(C)c1ccccc1. The summed E-state index contributed by atoms with van der Waals surface area (Å²) in [7, 11) is 1.70. The van der Waals surface area contributed by atoms with Gasteiger partial charge in [-0.15, -0.1) is 0 Å². The van der Waals surface area contributed by atoms with E-state index in [1.54, 1.807) is 38.2 Å². The molecule has 4 nitrogen and oxygen atoms in total. The zero-order chi connectivity index (χ0) is 20.1. The normalized spacial score (nSPS) is 11.5. The van der Waals surface area contributed by atoms with Crippen molar-refractivity contribution in [2.75, 3.05) is 11.9 Å². The molecule has 0 bridgehead atoms. The van der Waals surface area contributed by atoms with Crippen molar-refractivity contribution in [2.45, 2.75) is 13.0 Å². The molecule has 0 N–H and O–H groups in total. The number of hydrogen-bond acceptors (Lipinski definition) is 3. The summed E-state index contributed by atoms with van der Waals surface area (Å²) in [6, 6.07) is 21.2. The molecule has 3 rings (SSSR count). The first-order valence-corrected chi connectivity index (χ1v) is 8.85. The molecular formula is C23H20FNO3. The summed E-state index contributed by atoms with van der Waals surface area (Å²) < 4.78 is 18.7. The van der Waals surface area contributed by atoms with Crippen LogP contribution in [0.5, 0.6) is 5.75 Å². The Hall–Kier alpha value is -3.47. The van der Waals surface area contributed by atoms with E-state index in [0.717, 1.165) is 5.69 Å². The second-order valence-electron chi connectivity index (χ2n) is 6.35. The minimum Gasteiger partial charge on any atom is -0.481 e. The van der Waals surface area contributed by atoms with Gasteiger partial charge in [-0.05, 0) is 67.6 Å². The molecule has 0 heterocycles. The minimum absolute atomic E-state index is 0.183. The van der Waals surface area contributed by atoms with Crippen LogP contribution in [0.2, 0.25) is 0 Å². The Bertz CT molecular complexity index is 953. The van der Waals surface area contributed by atoms with Gasteiger partial charge in [-0.25, -0.2) is 4.39 Å². The van der Waals surface area contributed by atoms with Crippen LogP contribution in [0.3, 0.4) is 0 Å². The molecule has 142 valence electrons. The highest BCUT2D eigenvalue weighted by atomic mass is 19.1. The number of amides is 1. The fourth-order valence-corrected chi connectivity index (χ4v) is 2.76. The Kier molecular flexibility index (Phi) is 5.84. The summed E-state index contributed by atoms with van der Waals surface area (Å²) >= 11 is 0. The van der Waals surface area contributed by atoms with E-state index >= 15 is 0 Å². The second-order valence-corrected chi connectivity index (χ2v) is 6.35. The van der Waals surface area contributed by atoms with Gasteiger partial charge in [0.1, 0.15) is 11.6 Å². The molecule has 3 aromatic carbocycles. The van der Waals surface area contributed by atoms with Crippen LogP contribution in [0.25, 0.3) is 0 Å². The molecule has 0 spiro atoms. The third-order valence-corrected chi connectivity index (χ3v) is 4.36. The van der Waals surface area contributed by atoms with E-state index in [-0.39, 0.29) is 17.5 Å². The Labute approximate surface area is 163 Å². The van der Waals surface area contributed by atoms with Crippen molar-refractivity contribution in [3.63, 3.8) is 0 Å². The van der Waals surface area contributed by atoms with Gasteiger partial charge in [-0.3, -0.25) is 9.59 Å². The molecule has 1 amide bonds. The summed E-state index contributed by atoms with van der Waals surface area (Å²) in [5.74, 6) is -0.297. The summed E-state index contributed by atoms with van der Waals surface area (Å²) in [6.45, 7) is 1.68. The lowest BCUT2D eigenvalue weighted by Crippen LogP contribution is -2.37. The number of carbonyl (C=O) groups excluding carboxylic acids is 2. The Morgan fingerprint density at radius 3 is 1.96 bits per heavy atom. The largest absolute Gasteiger partial charge is 0.481 e. The summed E-state index contributed by atoms with van der Waals surface area (Å²) in [5, 5.41) is 0. The Morgan fingerprint density at radius 2 is 1.39 bits per heavy atom. The lowest BCUT2D eigenvalue weighted by molar-refractivity contribution is -0.124. The fourth-order valence-electron chi connectivity index (χ4n) is 2.76. The Morgan fingerprint density at radius 1 is 0.857 bits per heavy atom. The molecule has 0 aromatic heterocycles. The molecule has 0 unspecified atom stereocenters. The first-order valence-electron chi connectivity index (χ1n) is 8.85. The number of likely N-dealkylation sites (N-methyl/N-ethyl adjacent to an activating group) is 1. The van der Waals surface area contributed by atoms with Crippen LogP contribution in [0.1, 0.15) is 22.8 Å². The number of halogens is 1. The molecule has 0 aliphatic carbocycles. The summed E-state index contributed by atoms with van der Waals surface area (Å²) in [6.07, 6.45) is -0.691. The van der Waals surface area contributed by atoms with Crippen LogP contribution in [0.4, 0.5) is 10.1 Å². The molecule has 0 aliphatic heterocycles. The van der Waals surface area contributed by atoms with Crippen molar-refractivity contribution >= 4 is 17.4 Å². The number of ether oxygens (including phenoxy) is 1. The zero-order valence-corrected chi connectivity index (χ0v) is 15.6. The smallest absolute Gasteiger partial charge is 0.267 e. The molecule has 1 atom stereocenters. The maximum absolute atomic E-state index is 13.0. The van der Waals surface area contributed by atoms with Crippen molar-refractivity contribution in [2.24, 2.45) is 0 Å². The third-order valence-electron chi connectivity index (χ3n) is 4.36. The number of ketones is 1. The van der Waals surface area contributed by atoms with Gasteiger partial charge in [-0.2, -0.15) is 0 Å². The van der Waals surface area contributed by atoms with E-state index in [1.807, 2.05) is 30.3 Å². The number of nitrogens with zero attached hydrogens (tertiary/aromatic N) is 1. The topological polar surface area (TPSA) is 46.6 Å². The fraction of sp³-hybridized carbons (Fsp3) is 0.130. The van der Waals surface area contributed by atoms with Crippen molar-refractivity contribution in [3.05, 3.63) is 95.8 Å². The van der Waals surface area contributed by atoms with E-state index in [0.29, 0.717) is 16.9 Å². The van der Waals surface area contributed by atoms with Crippen molar-refractivity contribution in [1.29, 1.82) is 0 Å². The zero-order valence-electron chi connectivity index (χ0n) is 15.6. The number of para-hydroxylation sites is 1. The molecule has 0 saturated heterocycles. The summed E-state index contributed by atoms with van der Waals surface area (Å²) in [4.78, 5) is 26.5. The Balaban J connectivity index is 1.65. The van der Waals surface area contributed by atoms with E-state index in [9.17, 15) is 14.0 Å². The van der Waals surface area contributed by atoms with E-state index in [2.05, 4.69) is 0 Å². The third kappa shape index (κ3) is 4.43. The lowest BCUT2D eigenvalue weighted by atomic mass is 10.0.